The molecular weight excluding hydrogens is 388 g/mol. The molecule has 1 aliphatic heterocycles. The van der Waals surface area contributed by atoms with Gasteiger partial charge in [0.15, 0.2) is 9.84 Å². The number of rotatable bonds is 4. The highest BCUT2D eigenvalue weighted by Gasteiger charge is 2.40. The van der Waals surface area contributed by atoms with Crippen LogP contribution >= 0.6 is 28.3 Å². The summed E-state index contributed by atoms with van der Waals surface area (Å²) in [4.78, 5) is 2.67. The first-order chi connectivity index (χ1) is 9.95. The zero-order chi connectivity index (χ0) is 15.0. The molecule has 0 bridgehead atoms. The van der Waals surface area contributed by atoms with E-state index in [9.17, 15) is 8.42 Å². The maximum absolute atomic E-state index is 12.3. The molecule has 2 N–H and O–H groups in total. The Hall–Kier alpha value is -0.140. The second-order valence-corrected chi connectivity index (χ2v) is 9.22. The van der Waals surface area contributed by atoms with Crippen LogP contribution in [-0.4, -0.2) is 44.7 Å². The molecule has 22 heavy (non-hydrogen) atoms. The van der Waals surface area contributed by atoms with E-state index in [2.05, 4.69) is 20.8 Å². The van der Waals surface area contributed by atoms with E-state index >= 15 is 0 Å². The second-order valence-electron chi connectivity index (χ2n) is 6.20. The number of fused-ring (bicyclic) bond motifs is 1. The molecule has 1 aliphatic carbocycles. The van der Waals surface area contributed by atoms with Gasteiger partial charge in [-0.05, 0) is 48.9 Å². The maximum atomic E-state index is 12.3. The minimum atomic E-state index is -3.20. The molecule has 7 heteroatoms. The van der Waals surface area contributed by atoms with E-state index < -0.39 is 9.84 Å². The summed E-state index contributed by atoms with van der Waals surface area (Å²) in [7, 11) is -3.20. The van der Waals surface area contributed by atoms with Gasteiger partial charge in [-0.2, -0.15) is 0 Å². The Morgan fingerprint density at radius 3 is 2.50 bits per heavy atom. The summed E-state index contributed by atoms with van der Waals surface area (Å²) < 4.78 is 25.6. The van der Waals surface area contributed by atoms with Crippen LogP contribution in [0.1, 0.15) is 12.8 Å². The Bertz CT molecular complexity index is 608. The Balaban J connectivity index is 0.00000176. The van der Waals surface area contributed by atoms with Gasteiger partial charge in [-0.3, -0.25) is 0 Å². The van der Waals surface area contributed by atoms with Crippen LogP contribution in [0.4, 0.5) is 0 Å². The fraction of sp³-hybridized carbons (Fsp3) is 0.600. The van der Waals surface area contributed by atoms with Gasteiger partial charge in [-0.15, -0.1) is 12.4 Å². The van der Waals surface area contributed by atoms with Crippen molar-refractivity contribution in [1.82, 2.24) is 4.90 Å². The number of halogens is 2. The van der Waals surface area contributed by atoms with Crippen LogP contribution in [0.5, 0.6) is 0 Å². The number of likely N-dealkylation sites (tertiary alicyclic amines) is 1. The highest BCUT2D eigenvalue weighted by molar-refractivity contribution is 9.10. The fourth-order valence-corrected chi connectivity index (χ4v) is 5.14. The van der Waals surface area contributed by atoms with Gasteiger partial charge in [0.1, 0.15) is 0 Å². The van der Waals surface area contributed by atoms with Crippen LogP contribution in [0.15, 0.2) is 33.6 Å². The average Bonchev–Trinajstić information content (AvgIpc) is 3.00. The summed E-state index contributed by atoms with van der Waals surface area (Å²) in [5, 5.41) is 0. The molecule has 4 nitrogen and oxygen atoms in total. The quantitative estimate of drug-likeness (QED) is 0.829. The number of nitrogens with two attached hydrogens (primary N) is 1. The molecule has 1 aromatic rings. The summed E-state index contributed by atoms with van der Waals surface area (Å²) in [5.41, 5.74) is 6.12. The Morgan fingerprint density at radius 2 is 1.86 bits per heavy atom. The minimum Gasteiger partial charge on any atom is -0.327 e. The molecule has 1 saturated carbocycles. The summed E-state index contributed by atoms with van der Waals surface area (Å²) in [5.74, 6) is 1.43. The number of hydrogen-bond donors (Lipinski definition) is 1. The Labute approximate surface area is 146 Å². The van der Waals surface area contributed by atoms with Crippen molar-refractivity contribution >= 4 is 38.2 Å². The van der Waals surface area contributed by atoms with E-state index in [1.54, 1.807) is 24.3 Å². The lowest BCUT2D eigenvalue weighted by molar-refractivity contribution is 0.322. The zero-order valence-electron chi connectivity index (χ0n) is 12.3. The molecule has 1 aromatic carbocycles. The minimum absolute atomic E-state index is 0. The van der Waals surface area contributed by atoms with E-state index in [0.717, 1.165) is 24.0 Å². The maximum Gasteiger partial charge on any atom is 0.179 e. The van der Waals surface area contributed by atoms with Gasteiger partial charge in [0.05, 0.1) is 10.6 Å². The lowest BCUT2D eigenvalue weighted by Crippen LogP contribution is -2.32. The molecule has 3 atom stereocenters. The van der Waals surface area contributed by atoms with Crippen LogP contribution < -0.4 is 5.73 Å². The van der Waals surface area contributed by atoms with Crippen molar-refractivity contribution in [2.75, 3.05) is 25.4 Å². The van der Waals surface area contributed by atoms with Crippen molar-refractivity contribution in [3.63, 3.8) is 0 Å². The van der Waals surface area contributed by atoms with E-state index in [1.165, 1.54) is 6.42 Å². The SMILES string of the molecule is Cl.NC1CCC2CN(CCS(=O)(=O)c3ccc(Br)cc3)CC12. The van der Waals surface area contributed by atoms with Crippen LogP contribution in [0, 0.1) is 11.8 Å². The number of benzene rings is 1. The van der Waals surface area contributed by atoms with Gasteiger partial charge >= 0.3 is 0 Å². The van der Waals surface area contributed by atoms with Crippen molar-refractivity contribution in [3.8, 4) is 0 Å². The smallest absolute Gasteiger partial charge is 0.179 e. The molecular formula is C15H22BrClN2O2S. The molecule has 0 radical (unpaired) electrons. The summed E-state index contributed by atoms with van der Waals surface area (Å²) in [6.07, 6.45) is 2.32. The van der Waals surface area contributed by atoms with Gasteiger partial charge in [0, 0.05) is 30.1 Å². The highest BCUT2D eigenvalue weighted by atomic mass is 79.9. The first kappa shape index (κ1) is 18.2. The van der Waals surface area contributed by atoms with Crippen molar-refractivity contribution in [1.29, 1.82) is 0 Å². The van der Waals surface area contributed by atoms with Crippen molar-refractivity contribution in [2.24, 2.45) is 17.6 Å². The van der Waals surface area contributed by atoms with Crippen LogP contribution in [0.25, 0.3) is 0 Å². The topological polar surface area (TPSA) is 63.4 Å². The Morgan fingerprint density at radius 1 is 1.18 bits per heavy atom. The average molecular weight is 410 g/mol. The predicted octanol–water partition coefficient (Wildman–Crippen LogP) is 2.31. The molecule has 1 heterocycles. The second kappa shape index (κ2) is 7.18. The Kier molecular flexibility index (Phi) is 5.94. The van der Waals surface area contributed by atoms with E-state index in [4.69, 9.17) is 5.73 Å². The molecule has 0 amide bonds. The van der Waals surface area contributed by atoms with Crippen molar-refractivity contribution < 1.29 is 8.42 Å². The standard InChI is InChI=1S/C15H21BrN2O2S.ClH/c16-12-2-4-13(5-3-12)21(19,20)8-7-18-9-11-1-6-15(17)14(11)10-18;/h2-5,11,14-15H,1,6-10,17H2;1H. The summed E-state index contributed by atoms with van der Waals surface area (Å²) >= 11 is 3.32. The number of sulfone groups is 1. The largest absolute Gasteiger partial charge is 0.327 e. The number of nitrogens with zero attached hydrogens (tertiary/aromatic N) is 1. The van der Waals surface area contributed by atoms with Crippen LogP contribution in [0.2, 0.25) is 0 Å². The summed E-state index contributed by atoms with van der Waals surface area (Å²) in [6, 6.07) is 7.17. The molecule has 2 fully saturated rings. The third-order valence-corrected chi connectivity index (χ3v) is 7.08. The normalized spacial score (nSPS) is 28.4. The molecule has 3 unspecified atom stereocenters. The van der Waals surface area contributed by atoms with Gasteiger partial charge in [-0.25, -0.2) is 8.42 Å². The summed E-state index contributed by atoms with van der Waals surface area (Å²) in [6.45, 7) is 2.58. The monoisotopic (exact) mass is 408 g/mol. The molecule has 124 valence electrons. The first-order valence-electron chi connectivity index (χ1n) is 7.42. The molecule has 0 spiro atoms. The van der Waals surface area contributed by atoms with Gasteiger partial charge < -0.3 is 10.6 Å². The molecule has 0 aromatic heterocycles. The van der Waals surface area contributed by atoms with Crippen LogP contribution in [0.3, 0.4) is 0 Å². The van der Waals surface area contributed by atoms with Crippen molar-refractivity contribution in [3.05, 3.63) is 28.7 Å². The molecule has 1 saturated heterocycles. The fourth-order valence-electron chi connectivity index (χ4n) is 3.59. The lowest BCUT2D eigenvalue weighted by Gasteiger charge is -2.18. The van der Waals surface area contributed by atoms with Gasteiger partial charge in [0.2, 0.25) is 0 Å². The van der Waals surface area contributed by atoms with E-state index in [-0.39, 0.29) is 18.2 Å². The molecule has 3 rings (SSSR count). The van der Waals surface area contributed by atoms with Gasteiger partial charge in [0.25, 0.3) is 0 Å². The van der Waals surface area contributed by atoms with Gasteiger partial charge in [-0.1, -0.05) is 15.9 Å². The highest BCUT2D eigenvalue weighted by Crippen LogP contribution is 2.37. The van der Waals surface area contributed by atoms with Crippen molar-refractivity contribution in [2.45, 2.75) is 23.8 Å². The third-order valence-electron chi connectivity index (χ3n) is 4.84. The van der Waals surface area contributed by atoms with Crippen LogP contribution in [-0.2, 0) is 9.84 Å². The van der Waals surface area contributed by atoms with E-state index in [0.29, 0.717) is 29.3 Å². The first-order valence-corrected chi connectivity index (χ1v) is 9.86. The number of hydrogen-bond acceptors (Lipinski definition) is 4. The predicted molar refractivity (Wildman–Crippen MR) is 94.1 cm³/mol. The third kappa shape index (κ3) is 3.85. The zero-order valence-corrected chi connectivity index (χ0v) is 15.5. The lowest BCUT2D eigenvalue weighted by atomic mass is 9.98. The molecule has 2 aliphatic rings. The van der Waals surface area contributed by atoms with E-state index in [1.807, 2.05) is 0 Å².